The maximum Gasteiger partial charge on any atom is 0.332 e. The van der Waals surface area contributed by atoms with Crippen LogP contribution in [0.5, 0.6) is 0 Å². The van der Waals surface area contributed by atoms with Gasteiger partial charge in [-0.2, -0.15) is 0 Å². The molecule has 1 unspecified atom stereocenters. The molecule has 2 heterocycles. The molecule has 168 valence electrons. The van der Waals surface area contributed by atoms with Gasteiger partial charge in [0.2, 0.25) is 11.0 Å². The Morgan fingerprint density at radius 3 is 2.53 bits per heavy atom. The molecule has 3 aromatic rings. The van der Waals surface area contributed by atoms with Gasteiger partial charge >= 0.3 is 5.69 Å². The number of hydrogen-bond donors (Lipinski definition) is 3. The first-order valence-corrected chi connectivity index (χ1v) is 11.0. The average Bonchev–Trinajstić information content (AvgIpc) is 3.17. The van der Waals surface area contributed by atoms with E-state index in [0.29, 0.717) is 20.8 Å². The van der Waals surface area contributed by atoms with Crippen molar-refractivity contribution in [2.24, 2.45) is 14.1 Å². The smallest absolute Gasteiger partial charge is 0.332 e. The van der Waals surface area contributed by atoms with E-state index < -0.39 is 22.3 Å². The van der Waals surface area contributed by atoms with Gasteiger partial charge in [0, 0.05) is 32.4 Å². The van der Waals surface area contributed by atoms with Crippen molar-refractivity contribution < 1.29 is 9.59 Å². The molecule has 13 heteroatoms. The highest BCUT2D eigenvalue weighted by molar-refractivity contribution is 8.02. The van der Waals surface area contributed by atoms with Crippen molar-refractivity contribution in [1.29, 1.82) is 0 Å². The number of thioether (sulfide) groups is 1. The number of hydrogen-bond acceptors (Lipinski definition) is 10. The van der Waals surface area contributed by atoms with E-state index in [0.717, 1.165) is 20.9 Å². The molecule has 32 heavy (non-hydrogen) atoms. The van der Waals surface area contributed by atoms with Crippen molar-refractivity contribution in [2.45, 2.75) is 23.4 Å². The number of benzene rings is 1. The zero-order chi connectivity index (χ0) is 23.6. The first kappa shape index (κ1) is 23.2. The predicted octanol–water partition coefficient (Wildman–Crippen LogP) is 1.58. The highest BCUT2D eigenvalue weighted by Crippen LogP contribution is 2.32. The number of nitrogen functional groups attached to an aromatic ring is 1. The van der Waals surface area contributed by atoms with Gasteiger partial charge in [0.25, 0.3) is 5.56 Å². The Morgan fingerprint density at radius 2 is 1.84 bits per heavy atom. The number of rotatable bonds is 7. The predicted molar refractivity (Wildman–Crippen MR) is 125 cm³/mol. The van der Waals surface area contributed by atoms with Gasteiger partial charge in [-0.25, -0.2) is 4.79 Å². The van der Waals surface area contributed by atoms with E-state index in [2.05, 4.69) is 20.8 Å². The van der Waals surface area contributed by atoms with Gasteiger partial charge in [-0.05, 0) is 25.1 Å². The fourth-order valence-electron chi connectivity index (χ4n) is 2.81. The number of carbonyl (C=O) groups excluding carboxylic acids is 2. The highest BCUT2D eigenvalue weighted by Gasteiger charge is 2.26. The molecule has 0 saturated heterocycles. The summed E-state index contributed by atoms with van der Waals surface area (Å²) < 4.78 is 2.42. The molecular weight excluding hydrogens is 454 g/mol. The second-order valence-corrected chi connectivity index (χ2v) is 9.42. The zero-order valence-electron chi connectivity index (χ0n) is 17.7. The molecule has 3 rings (SSSR count). The summed E-state index contributed by atoms with van der Waals surface area (Å²) in [5.41, 5.74) is 5.65. The van der Waals surface area contributed by atoms with Crippen molar-refractivity contribution in [1.82, 2.24) is 19.3 Å². The van der Waals surface area contributed by atoms with Crippen LogP contribution >= 0.6 is 23.1 Å². The van der Waals surface area contributed by atoms with Gasteiger partial charge in [-0.3, -0.25) is 23.5 Å². The van der Waals surface area contributed by atoms with Crippen LogP contribution in [0.2, 0.25) is 0 Å². The standard InChI is InChI=1S/C19H21N7O4S2/c1-9(14(28)13-15(20)25(3)19(30)26(4)16(13)29)31-18-24-23-17(32-18)22-12-7-5-6-11(8-12)21-10(2)27/h5-9H,20H2,1-4H3,(H,21,27)(H,22,23). The van der Waals surface area contributed by atoms with E-state index >= 15 is 0 Å². The van der Waals surface area contributed by atoms with Crippen LogP contribution < -0.4 is 27.6 Å². The number of anilines is 4. The largest absolute Gasteiger partial charge is 0.384 e. The average molecular weight is 476 g/mol. The van der Waals surface area contributed by atoms with Gasteiger partial charge < -0.3 is 16.4 Å². The third-order valence-corrected chi connectivity index (χ3v) is 6.47. The fourth-order valence-corrected chi connectivity index (χ4v) is 4.78. The van der Waals surface area contributed by atoms with Crippen LogP contribution in [0.25, 0.3) is 0 Å². The SMILES string of the molecule is CC(=O)Nc1cccc(Nc2nnc(SC(C)C(=O)c3c(N)n(C)c(=O)n(C)c3=O)s2)c1. The van der Waals surface area contributed by atoms with Crippen LogP contribution in [0, 0.1) is 0 Å². The lowest BCUT2D eigenvalue weighted by molar-refractivity contribution is -0.114. The monoisotopic (exact) mass is 475 g/mol. The van der Waals surface area contributed by atoms with Crippen LogP contribution in [0.3, 0.4) is 0 Å². The molecular formula is C19H21N7O4S2. The van der Waals surface area contributed by atoms with Gasteiger partial charge in [-0.15, -0.1) is 10.2 Å². The second-order valence-electron chi connectivity index (χ2n) is 6.85. The molecule has 1 amide bonds. The van der Waals surface area contributed by atoms with Crippen molar-refractivity contribution in [2.75, 3.05) is 16.4 Å². The summed E-state index contributed by atoms with van der Waals surface area (Å²) in [5.74, 6) is -0.852. The van der Waals surface area contributed by atoms with Crippen LogP contribution in [-0.2, 0) is 18.9 Å². The van der Waals surface area contributed by atoms with Crippen molar-refractivity contribution in [3.8, 4) is 0 Å². The van der Waals surface area contributed by atoms with Crippen molar-refractivity contribution in [3.05, 3.63) is 50.7 Å². The quantitative estimate of drug-likeness (QED) is 0.341. The van der Waals surface area contributed by atoms with E-state index in [1.807, 2.05) is 6.07 Å². The highest BCUT2D eigenvalue weighted by atomic mass is 32.2. The molecule has 0 aliphatic heterocycles. The van der Waals surface area contributed by atoms with Crippen molar-refractivity contribution in [3.63, 3.8) is 0 Å². The van der Waals surface area contributed by atoms with Gasteiger partial charge in [-0.1, -0.05) is 29.2 Å². The van der Waals surface area contributed by atoms with Crippen LogP contribution in [-0.4, -0.2) is 36.3 Å². The molecule has 4 N–H and O–H groups in total. The molecule has 0 saturated carbocycles. The van der Waals surface area contributed by atoms with E-state index in [1.165, 1.54) is 32.4 Å². The minimum Gasteiger partial charge on any atom is -0.384 e. The molecule has 0 fully saturated rings. The number of nitrogens with one attached hydrogen (secondary N) is 2. The van der Waals surface area contributed by atoms with Crippen LogP contribution in [0.15, 0.2) is 38.2 Å². The molecule has 11 nitrogen and oxygen atoms in total. The molecule has 0 aliphatic rings. The van der Waals surface area contributed by atoms with Gasteiger partial charge in [0.15, 0.2) is 10.1 Å². The Bertz CT molecular complexity index is 1310. The van der Waals surface area contributed by atoms with E-state index in [4.69, 9.17) is 5.73 Å². The lowest BCUT2D eigenvalue weighted by atomic mass is 10.1. The summed E-state index contributed by atoms with van der Waals surface area (Å²) >= 11 is 2.36. The van der Waals surface area contributed by atoms with Crippen molar-refractivity contribution >= 4 is 57.1 Å². The van der Waals surface area contributed by atoms with Crippen LogP contribution in [0.4, 0.5) is 22.3 Å². The topological polar surface area (TPSA) is 154 Å². The number of nitrogens with two attached hydrogens (primary N) is 1. The Hall–Kier alpha value is -3.45. The Morgan fingerprint density at radius 1 is 1.16 bits per heavy atom. The summed E-state index contributed by atoms with van der Waals surface area (Å²) in [7, 11) is 2.69. The second kappa shape index (κ2) is 9.36. The number of aromatic nitrogens is 4. The minimum atomic E-state index is -0.735. The number of Topliss-reactive ketones (excluding diaryl/α,β-unsaturated/α-hetero) is 1. The fraction of sp³-hybridized carbons (Fsp3) is 0.263. The number of amides is 1. The lowest BCUT2D eigenvalue weighted by Crippen LogP contribution is -2.42. The number of carbonyl (C=O) groups is 2. The minimum absolute atomic E-state index is 0.172. The summed E-state index contributed by atoms with van der Waals surface area (Å²) in [6.07, 6.45) is 0. The lowest BCUT2D eigenvalue weighted by Gasteiger charge is -2.13. The number of ketones is 1. The summed E-state index contributed by atoms with van der Waals surface area (Å²) in [6.45, 7) is 3.05. The first-order valence-electron chi connectivity index (χ1n) is 9.33. The third-order valence-electron chi connectivity index (χ3n) is 4.44. The molecule has 0 aliphatic carbocycles. The molecule has 2 aromatic heterocycles. The Balaban J connectivity index is 1.75. The summed E-state index contributed by atoms with van der Waals surface area (Å²) in [6, 6.07) is 7.10. The first-order chi connectivity index (χ1) is 15.1. The summed E-state index contributed by atoms with van der Waals surface area (Å²) in [4.78, 5) is 48.5. The zero-order valence-corrected chi connectivity index (χ0v) is 19.3. The molecule has 1 atom stereocenters. The normalized spacial score (nSPS) is 11.8. The van der Waals surface area contributed by atoms with E-state index in [-0.39, 0.29) is 17.3 Å². The molecule has 0 spiro atoms. The van der Waals surface area contributed by atoms with Gasteiger partial charge in [0.05, 0.1) is 5.25 Å². The third kappa shape index (κ3) is 4.89. The van der Waals surface area contributed by atoms with Gasteiger partial charge in [0.1, 0.15) is 11.4 Å². The molecule has 0 radical (unpaired) electrons. The maximum atomic E-state index is 12.9. The molecule has 0 bridgehead atoms. The van der Waals surface area contributed by atoms with E-state index in [1.54, 1.807) is 25.1 Å². The Kier molecular flexibility index (Phi) is 6.79. The molecule has 1 aromatic carbocycles. The van der Waals surface area contributed by atoms with Crippen LogP contribution in [0.1, 0.15) is 24.2 Å². The van der Waals surface area contributed by atoms with E-state index in [9.17, 15) is 19.2 Å². The number of nitrogens with zero attached hydrogens (tertiary/aromatic N) is 4. The summed E-state index contributed by atoms with van der Waals surface area (Å²) in [5, 5.41) is 13.7. The maximum absolute atomic E-state index is 12.9. The Labute approximate surface area is 190 Å².